The van der Waals surface area contributed by atoms with Crippen molar-refractivity contribution in [1.82, 2.24) is 4.90 Å². The molecule has 4 nitrogen and oxygen atoms in total. The Morgan fingerprint density at radius 1 is 1.04 bits per heavy atom. The zero-order chi connectivity index (χ0) is 17.5. The summed E-state index contributed by atoms with van der Waals surface area (Å²) < 4.78 is 31.5. The normalized spacial score (nSPS) is 10.3. The van der Waals surface area contributed by atoms with E-state index in [-0.39, 0.29) is 30.9 Å². The van der Waals surface area contributed by atoms with Crippen molar-refractivity contribution >= 4 is 11.9 Å². The first kappa shape index (κ1) is 17.6. The Bertz CT molecular complexity index is 716. The van der Waals surface area contributed by atoms with Gasteiger partial charge >= 0.3 is 5.97 Å². The van der Waals surface area contributed by atoms with E-state index in [1.807, 2.05) is 0 Å². The predicted octanol–water partition coefficient (Wildman–Crippen LogP) is 3.17. The number of carbonyl (C=O) groups excluding carboxylic acids is 2. The third-order valence-corrected chi connectivity index (χ3v) is 3.49. The van der Waals surface area contributed by atoms with Crippen molar-refractivity contribution < 1.29 is 23.1 Å². The molecule has 0 radical (unpaired) electrons. The number of amides is 1. The zero-order valence-electron chi connectivity index (χ0n) is 13.2. The third kappa shape index (κ3) is 4.62. The van der Waals surface area contributed by atoms with Gasteiger partial charge in [-0.15, -0.1) is 0 Å². The first-order chi connectivity index (χ1) is 11.5. The SMILES string of the molecule is COC(=O)CCN(Cc1ccc(F)cc1)C(=O)c1ccccc1F. The number of benzene rings is 2. The van der Waals surface area contributed by atoms with Crippen molar-refractivity contribution in [3.8, 4) is 0 Å². The maximum absolute atomic E-state index is 13.9. The number of rotatable bonds is 6. The van der Waals surface area contributed by atoms with Crippen molar-refractivity contribution in [2.45, 2.75) is 13.0 Å². The molecule has 0 saturated carbocycles. The van der Waals surface area contributed by atoms with Crippen LogP contribution in [0.5, 0.6) is 0 Å². The Balaban J connectivity index is 2.21. The minimum Gasteiger partial charge on any atom is -0.469 e. The molecule has 126 valence electrons. The molecule has 6 heteroatoms. The number of carbonyl (C=O) groups is 2. The smallest absolute Gasteiger partial charge is 0.307 e. The molecule has 0 aliphatic rings. The van der Waals surface area contributed by atoms with Crippen LogP contribution >= 0.6 is 0 Å². The fraction of sp³-hybridized carbons (Fsp3) is 0.222. The fourth-order valence-corrected chi connectivity index (χ4v) is 2.20. The van der Waals surface area contributed by atoms with Crippen molar-refractivity contribution in [2.24, 2.45) is 0 Å². The summed E-state index contributed by atoms with van der Waals surface area (Å²) in [6.07, 6.45) is -0.0160. The van der Waals surface area contributed by atoms with Crippen molar-refractivity contribution in [3.63, 3.8) is 0 Å². The van der Waals surface area contributed by atoms with Crippen LogP contribution in [0.25, 0.3) is 0 Å². The van der Waals surface area contributed by atoms with Crippen LogP contribution < -0.4 is 0 Å². The van der Waals surface area contributed by atoms with E-state index in [0.717, 1.165) is 0 Å². The van der Waals surface area contributed by atoms with Gasteiger partial charge in [0.25, 0.3) is 5.91 Å². The lowest BCUT2D eigenvalue weighted by Crippen LogP contribution is -2.33. The molecule has 0 aromatic heterocycles. The van der Waals surface area contributed by atoms with Gasteiger partial charge in [0.05, 0.1) is 19.1 Å². The van der Waals surface area contributed by atoms with E-state index in [1.54, 1.807) is 6.07 Å². The van der Waals surface area contributed by atoms with E-state index < -0.39 is 17.7 Å². The van der Waals surface area contributed by atoms with Crippen molar-refractivity contribution in [2.75, 3.05) is 13.7 Å². The van der Waals surface area contributed by atoms with E-state index >= 15 is 0 Å². The highest BCUT2D eigenvalue weighted by Crippen LogP contribution is 2.14. The highest BCUT2D eigenvalue weighted by Gasteiger charge is 2.20. The van der Waals surface area contributed by atoms with Crippen LogP contribution in [-0.2, 0) is 16.1 Å². The molecule has 0 fully saturated rings. The summed E-state index contributed by atoms with van der Waals surface area (Å²) in [6.45, 7) is 0.196. The molecule has 0 unspecified atom stereocenters. The highest BCUT2D eigenvalue weighted by molar-refractivity contribution is 5.94. The molecule has 0 saturated heterocycles. The summed E-state index contributed by atoms with van der Waals surface area (Å²) >= 11 is 0. The second-order valence-electron chi connectivity index (χ2n) is 5.16. The van der Waals surface area contributed by atoms with Gasteiger partial charge in [-0.1, -0.05) is 24.3 Å². The number of hydrogen-bond donors (Lipinski definition) is 0. The molecular formula is C18H17F2NO3. The number of ether oxygens (including phenoxy) is 1. The quantitative estimate of drug-likeness (QED) is 0.763. The van der Waals surface area contributed by atoms with Gasteiger partial charge in [0.15, 0.2) is 0 Å². The molecule has 2 aromatic carbocycles. The molecule has 0 atom stereocenters. The van der Waals surface area contributed by atoms with E-state index in [4.69, 9.17) is 0 Å². The van der Waals surface area contributed by atoms with Gasteiger partial charge in [-0.05, 0) is 29.8 Å². The van der Waals surface area contributed by atoms with Crippen LogP contribution in [-0.4, -0.2) is 30.4 Å². The van der Waals surface area contributed by atoms with E-state index in [0.29, 0.717) is 5.56 Å². The topological polar surface area (TPSA) is 46.6 Å². The first-order valence-corrected chi connectivity index (χ1v) is 7.36. The van der Waals surface area contributed by atoms with Crippen molar-refractivity contribution in [1.29, 1.82) is 0 Å². The third-order valence-electron chi connectivity index (χ3n) is 3.49. The summed E-state index contributed by atoms with van der Waals surface area (Å²) in [5.41, 5.74) is 0.593. The molecule has 0 bridgehead atoms. The lowest BCUT2D eigenvalue weighted by molar-refractivity contribution is -0.140. The number of esters is 1. The zero-order valence-corrected chi connectivity index (χ0v) is 13.2. The first-order valence-electron chi connectivity index (χ1n) is 7.36. The van der Waals surface area contributed by atoms with Gasteiger partial charge in [-0.25, -0.2) is 8.78 Å². The molecule has 0 spiro atoms. The monoisotopic (exact) mass is 333 g/mol. The van der Waals surface area contributed by atoms with Gasteiger partial charge in [0.2, 0.25) is 0 Å². The fourth-order valence-electron chi connectivity index (χ4n) is 2.20. The van der Waals surface area contributed by atoms with Crippen LogP contribution in [0.1, 0.15) is 22.3 Å². The lowest BCUT2D eigenvalue weighted by atomic mass is 10.1. The molecule has 0 aliphatic carbocycles. The standard InChI is InChI=1S/C18H17F2NO3/c1-24-17(22)10-11-21(12-13-6-8-14(19)9-7-13)18(23)15-4-2-3-5-16(15)20/h2-9H,10-12H2,1H3. The minimum atomic E-state index is -0.635. The summed E-state index contributed by atoms with van der Waals surface area (Å²) in [5, 5.41) is 0. The molecule has 0 N–H and O–H groups in total. The average Bonchev–Trinajstić information content (AvgIpc) is 2.59. The van der Waals surface area contributed by atoms with Crippen LogP contribution in [0.15, 0.2) is 48.5 Å². The Morgan fingerprint density at radius 2 is 1.71 bits per heavy atom. The van der Waals surface area contributed by atoms with E-state index in [1.165, 1.54) is 54.5 Å². The number of nitrogens with zero attached hydrogens (tertiary/aromatic N) is 1. The molecule has 2 aromatic rings. The van der Waals surface area contributed by atoms with Gasteiger partial charge in [0.1, 0.15) is 11.6 Å². The largest absolute Gasteiger partial charge is 0.469 e. The Hall–Kier alpha value is -2.76. The summed E-state index contributed by atoms with van der Waals surface area (Å²) in [4.78, 5) is 25.3. The minimum absolute atomic E-state index is 0.0160. The molecule has 0 aliphatic heterocycles. The van der Waals surface area contributed by atoms with Gasteiger partial charge in [-0.3, -0.25) is 9.59 Å². The summed E-state index contributed by atoms with van der Waals surface area (Å²) in [6, 6.07) is 11.3. The number of hydrogen-bond acceptors (Lipinski definition) is 3. The second-order valence-corrected chi connectivity index (χ2v) is 5.16. The van der Waals surface area contributed by atoms with E-state index in [2.05, 4.69) is 4.74 Å². The predicted molar refractivity (Wildman–Crippen MR) is 84.2 cm³/mol. The molecular weight excluding hydrogens is 316 g/mol. The van der Waals surface area contributed by atoms with E-state index in [9.17, 15) is 18.4 Å². The Morgan fingerprint density at radius 3 is 2.33 bits per heavy atom. The number of halogens is 2. The lowest BCUT2D eigenvalue weighted by Gasteiger charge is -2.23. The average molecular weight is 333 g/mol. The maximum atomic E-state index is 13.9. The van der Waals surface area contributed by atoms with Crippen LogP contribution in [0.2, 0.25) is 0 Å². The van der Waals surface area contributed by atoms with Crippen LogP contribution in [0, 0.1) is 11.6 Å². The number of methoxy groups -OCH3 is 1. The van der Waals surface area contributed by atoms with Crippen molar-refractivity contribution in [3.05, 3.63) is 71.3 Å². The van der Waals surface area contributed by atoms with Crippen LogP contribution in [0.3, 0.4) is 0 Å². The van der Waals surface area contributed by atoms with Gasteiger partial charge in [0, 0.05) is 13.1 Å². The molecule has 0 heterocycles. The molecule has 24 heavy (non-hydrogen) atoms. The summed E-state index contributed by atoms with van der Waals surface area (Å²) in [5.74, 6) is -2.04. The van der Waals surface area contributed by atoms with Gasteiger partial charge in [-0.2, -0.15) is 0 Å². The molecule has 1 amide bonds. The second kappa shape index (κ2) is 8.19. The van der Waals surface area contributed by atoms with Crippen LogP contribution in [0.4, 0.5) is 8.78 Å². The Labute approximate surface area is 138 Å². The molecule has 2 rings (SSSR count). The van der Waals surface area contributed by atoms with Gasteiger partial charge < -0.3 is 9.64 Å². The Kier molecular flexibility index (Phi) is 6.01. The highest BCUT2D eigenvalue weighted by atomic mass is 19.1. The maximum Gasteiger partial charge on any atom is 0.307 e. The summed E-state index contributed by atoms with van der Waals surface area (Å²) in [7, 11) is 1.26.